The number of benzene rings is 3. The van der Waals surface area contributed by atoms with Crippen LogP contribution < -0.4 is 5.32 Å². The first kappa shape index (κ1) is 26.1. The van der Waals surface area contributed by atoms with Gasteiger partial charge in [0.15, 0.2) is 0 Å². The second-order valence-electron chi connectivity index (χ2n) is 9.33. The number of piperazine rings is 1. The minimum Gasteiger partial charge on any atom is -0.338 e. The van der Waals surface area contributed by atoms with E-state index in [1.807, 2.05) is 36.4 Å². The molecule has 2 heterocycles. The molecule has 2 fully saturated rings. The van der Waals surface area contributed by atoms with Gasteiger partial charge in [0.1, 0.15) is 17.9 Å². The van der Waals surface area contributed by atoms with Crippen LogP contribution in [0.25, 0.3) is 10.8 Å². The number of nitrogens with one attached hydrogen (secondary N) is 1. The Bertz CT molecular complexity index is 1570. The topological polar surface area (TPSA) is 107 Å². The molecule has 3 aromatic carbocycles. The number of hydrogen-bond acceptors (Lipinski definition) is 5. The summed E-state index contributed by atoms with van der Waals surface area (Å²) in [6.07, 6.45) is 0. The molecule has 12 heteroatoms. The molecule has 0 aromatic heterocycles. The molecule has 38 heavy (non-hydrogen) atoms. The fraction of sp³-hybridized carbons (Fsp3) is 0.269. The summed E-state index contributed by atoms with van der Waals surface area (Å²) in [6, 6.07) is 15.5. The lowest BCUT2D eigenvalue weighted by Crippen LogP contribution is -2.53. The first-order valence-corrected chi connectivity index (χ1v) is 13.7. The van der Waals surface area contributed by atoms with E-state index in [1.54, 1.807) is 13.0 Å². The number of sulfonamides is 1. The van der Waals surface area contributed by atoms with E-state index in [1.165, 1.54) is 9.21 Å². The number of amides is 4. The Morgan fingerprint density at radius 1 is 1.03 bits per heavy atom. The van der Waals surface area contributed by atoms with Crippen molar-refractivity contribution >= 4 is 50.2 Å². The van der Waals surface area contributed by atoms with Gasteiger partial charge in [-0.2, -0.15) is 4.31 Å². The van der Waals surface area contributed by atoms with Gasteiger partial charge in [0.05, 0.1) is 9.92 Å². The molecule has 0 radical (unpaired) electrons. The second-order valence-corrected chi connectivity index (χ2v) is 11.7. The highest BCUT2D eigenvalue weighted by Gasteiger charge is 2.50. The number of fused-ring (bicyclic) bond motifs is 1. The molecule has 198 valence electrons. The van der Waals surface area contributed by atoms with Crippen LogP contribution in [0.3, 0.4) is 0 Å². The third kappa shape index (κ3) is 4.40. The number of imide groups is 1. The van der Waals surface area contributed by atoms with Crippen LogP contribution in [0.15, 0.2) is 65.6 Å². The van der Waals surface area contributed by atoms with Crippen molar-refractivity contribution in [2.45, 2.75) is 17.4 Å². The van der Waals surface area contributed by atoms with E-state index in [4.69, 9.17) is 11.6 Å². The van der Waals surface area contributed by atoms with Crippen LogP contribution in [0.2, 0.25) is 5.02 Å². The molecule has 2 aliphatic heterocycles. The summed E-state index contributed by atoms with van der Waals surface area (Å²) < 4.78 is 40.5. The maximum atomic E-state index is 13.5. The van der Waals surface area contributed by atoms with Crippen molar-refractivity contribution in [3.8, 4) is 0 Å². The van der Waals surface area contributed by atoms with Crippen LogP contribution in [0, 0.1) is 5.82 Å². The smallest absolute Gasteiger partial charge is 0.325 e. The van der Waals surface area contributed by atoms with E-state index >= 15 is 0 Å². The molecule has 2 aliphatic rings. The standard InChI is InChI=1S/C26H24ClFN4O5S/c1-26(20-8-4-6-17-5-2-3-7-19(17)20)24(34)32(25(35)29-26)16-23(33)30-11-13-31(14-12-30)38(36,37)18-9-10-22(28)21(27)15-18/h2-10,15H,11-14,16H2,1H3,(H,29,35). The van der Waals surface area contributed by atoms with Gasteiger partial charge >= 0.3 is 6.03 Å². The summed E-state index contributed by atoms with van der Waals surface area (Å²) in [5.74, 6) is -1.74. The van der Waals surface area contributed by atoms with Gasteiger partial charge in [0, 0.05) is 26.2 Å². The van der Waals surface area contributed by atoms with Gasteiger partial charge in [0.2, 0.25) is 15.9 Å². The predicted octanol–water partition coefficient (Wildman–Crippen LogP) is 2.93. The molecule has 2 saturated heterocycles. The SMILES string of the molecule is CC1(c2cccc3ccccc23)NC(=O)N(CC(=O)N2CCN(S(=O)(=O)c3ccc(F)c(Cl)c3)CC2)C1=O. The Kier molecular flexibility index (Phi) is 6.62. The molecule has 1 N–H and O–H groups in total. The maximum absolute atomic E-state index is 13.5. The number of halogens is 2. The van der Waals surface area contributed by atoms with Gasteiger partial charge < -0.3 is 10.2 Å². The van der Waals surface area contributed by atoms with Crippen molar-refractivity contribution in [1.82, 2.24) is 19.4 Å². The molecule has 0 spiro atoms. The minimum atomic E-state index is -3.94. The fourth-order valence-electron chi connectivity index (χ4n) is 4.88. The quantitative estimate of drug-likeness (QED) is 0.485. The zero-order valence-corrected chi connectivity index (χ0v) is 21.9. The first-order valence-electron chi connectivity index (χ1n) is 11.9. The Morgan fingerprint density at radius 3 is 2.42 bits per heavy atom. The van der Waals surface area contributed by atoms with Crippen LogP contribution in [0.5, 0.6) is 0 Å². The molecule has 0 saturated carbocycles. The average Bonchev–Trinajstić information content (AvgIpc) is 3.13. The van der Waals surface area contributed by atoms with Crippen LogP contribution in [-0.2, 0) is 25.2 Å². The van der Waals surface area contributed by atoms with E-state index in [0.717, 1.165) is 33.9 Å². The number of rotatable bonds is 5. The van der Waals surface area contributed by atoms with Gasteiger partial charge in [-0.05, 0) is 41.5 Å². The molecule has 3 aromatic rings. The molecular formula is C26H24ClFN4O5S. The highest BCUT2D eigenvalue weighted by Crippen LogP contribution is 2.34. The summed E-state index contributed by atoms with van der Waals surface area (Å²) in [7, 11) is -3.94. The summed E-state index contributed by atoms with van der Waals surface area (Å²) in [5.41, 5.74) is -0.717. The van der Waals surface area contributed by atoms with Crippen molar-refractivity contribution in [1.29, 1.82) is 0 Å². The number of nitrogens with zero attached hydrogens (tertiary/aromatic N) is 3. The summed E-state index contributed by atoms with van der Waals surface area (Å²) in [6.45, 7) is 1.28. The van der Waals surface area contributed by atoms with E-state index in [0.29, 0.717) is 5.56 Å². The van der Waals surface area contributed by atoms with Crippen molar-refractivity contribution < 1.29 is 27.2 Å². The van der Waals surface area contributed by atoms with E-state index < -0.39 is 45.8 Å². The minimum absolute atomic E-state index is 0.00304. The van der Waals surface area contributed by atoms with Crippen LogP contribution in [0.1, 0.15) is 12.5 Å². The molecule has 0 aliphatic carbocycles. The molecule has 4 amide bonds. The third-order valence-electron chi connectivity index (χ3n) is 7.02. The predicted molar refractivity (Wildman–Crippen MR) is 138 cm³/mol. The van der Waals surface area contributed by atoms with Crippen LogP contribution in [-0.4, -0.2) is 73.1 Å². The van der Waals surface area contributed by atoms with E-state index in [-0.39, 0.29) is 36.1 Å². The lowest BCUT2D eigenvalue weighted by Gasteiger charge is -2.34. The van der Waals surface area contributed by atoms with Gasteiger partial charge in [-0.15, -0.1) is 0 Å². The van der Waals surface area contributed by atoms with Crippen LogP contribution >= 0.6 is 11.6 Å². The Morgan fingerprint density at radius 2 is 1.71 bits per heavy atom. The Hall–Kier alpha value is -3.54. The lowest BCUT2D eigenvalue weighted by atomic mass is 9.88. The fourth-order valence-corrected chi connectivity index (χ4v) is 6.58. The third-order valence-corrected chi connectivity index (χ3v) is 9.20. The van der Waals surface area contributed by atoms with Gasteiger partial charge in [0.25, 0.3) is 5.91 Å². The average molecular weight is 559 g/mol. The van der Waals surface area contributed by atoms with Crippen molar-refractivity contribution in [2.75, 3.05) is 32.7 Å². The summed E-state index contributed by atoms with van der Waals surface area (Å²) >= 11 is 5.74. The number of hydrogen-bond donors (Lipinski definition) is 1. The summed E-state index contributed by atoms with van der Waals surface area (Å²) in [4.78, 5) is 41.5. The van der Waals surface area contributed by atoms with Gasteiger partial charge in [-0.25, -0.2) is 17.6 Å². The highest BCUT2D eigenvalue weighted by atomic mass is 35.5. The van der Waals surface area contributed by atoms with Crippen molar-refractivity contribution in [3.63, 3.8) is 0 Å². The molecule has 0 bridgehead atoms. The van der Waals surface area contributed by atoms with Gasteiger partial charge in [-0.1, -0.05) is 54.1 Å². The first-order chi connectivity index (χ1) is 18.0. The molecule has 1 atom stereocenters. The second kappa shape index (κ2) is 9.64. The number of urea groups is 1. The highest BCUT2D eigenvalue weighted by molar-refractivity contribution is 7.89. The van der Waals surface area contributed by atoms with Gasteiger partial charge in [-0.3, -0.25) is 14.5 Å². The molecule has 1 unspecified atom stereocenters. The maximum Gasteiger partial charge on any atom is 0.325 e. The normalized spacial score (nSPS) is 20.7. The molecular weight excluding hydrogens is 535 g/mol. The number of carbonyl (C=O) groups excluding carboxylic acids is 3. The lowest BCUT2D eigenvalue weighted by molar-refractivity contribution is -0.139. The Balaban J connectivity index is 1.27. The molecule has 9 nitrogen and oxygen atoms in total. The zero-order chi connectivity index (χ0) is 27.2. The van der Waals surface area contributed by atoms with Crippen LogP contribution in [0.4, 0.5) is 9.18 Å². The Labute approximate surface area is 223 Å². The van der Waals surface area contributed by atoms with Crippen molar-refractivity contribution in [2.24, 2.45) is 0 Å². The van der Waals surface area contributed by atoms with Crippen molar-refractivity contribution in [3.05, 3.63) is 77.1 Å². The largest absolute Gasteiger partial charge is 0.338 e. The molecule has 5 rings (SSSR count). The van der Waals surface area contributed by atoms with E-state index in [9.17, 15) is 27.2 Å². The zero-order valence-electron chi connectivity index (χ0n) is 20.4. The van der Waals surface area contributed by atoms with E-state index in [2.05, 4.69) is 5.32 Å². The number of carbonyl (C=O) groups is 3. The summed E-state index contributed by atoms with van der Waals surface area (Å²) in [5, 5.41) is 4.17. The monoisotopic (exact) mass is 558 g/mol.